The molecule has 0 spiro atoms. The van der Waals surface area contributed by atoms with E-state index in [9.17, 15) is 26.9 Å². The number of sulfonamides is 1. The lowest BCUT2D eigenvalue weighted by atomic mass is 9.83. The van der Waals surface area contributed by atoms with E-state index < -0.39 is 45.4 Å². The van der Waals surface area contributed by atoms with E-state index in [1.807, 2.05) is 6.07 Å². The van der Waals surface area contributed by atoms with Crippen molar-refractivity contribution < 1.29 is 26.3 Å². The fraction of sp³-hybridized carbons (Fsp3) is 0.435. The van der Waals surface area contributed by atoms with Crippen molar-refractivity contribution in [2.24, 2.45) is 5.92 Å². The molecule has 32 heavy (non-hydrogen) atoms. The van der Waals surface area contributed by atoms with Gasteiger partial charge in [0.25, 0.3) is 0 Å². The normalized spacial score (nSPS) is 22.8. The Morgan fingerprint density at radius 1 is 1.12 bits per heavy atom. The van der Waals surface area contributed by atoms with Gasteiger partial charge in [-0.15, -0.1) is 0 Å². The van der Waals surface area contributed by atoms with Crippen LogP contribution < -0.4 is 9.46 Å². The second kappa shape index (κ2) is 8.75. The number of benzene rings is 2. The minimum atomic E-state index is -3.49. The first-order valence-electron chi connectivity index (χ1n) is 10.5. The summed E-state index contributed by atoms with van der Waals surface area (Å²) in [5.74, 6) is -3.57. The molecule has 1 N–H and O–H groups in total. The molecule has 2 aromatic rings. The Balaban J connectivity index is 1.44. The molecule has 9 heteroatoms. The maximum atomic E-state index is 14.0. The summed E-state index contributed by atoms with van der Waals surface area (Å²) >= 11 is 0. The minimum absolute atomic E-state index is 0.0488. The fourth-order valence-electron chi connectivity index (χ4n) is 4.04. The number of hydrogen-bond donors (Lipinski definition) is 1. The molecule has 0 saturated heterocycles. The number of nitrogens with zero attached hydrogens (tertiary/aromatic N) is 1. The number of hydrogen-bond acceptors (Lipinski definition) is 4. The van der Waals surface area contributed by atoms with Crippen LogP contribution >= 0.6 is 0 Å². The van der Waals surface area contributed by atoms with Crippen LogP contribution in [-0.2, 0) is 10.0 Å². The second-order valence-corrected chi connectivity index (χ2v) is 10.5. The topological polar surface area (TPSA) is 79.2 Å². The van der Waals surface area contributed by atoms with Gasteiger partial charge in [0.15, 0.2) is 0 Å². The maximum absolute atomic E-state index is 14.0. The van der Waals surface area contributed by atoms with Gasteiger partial charge in [-0.1, -0.05) is 18.2 Å². The summed E-state index contributed by atoms with van der Waals surface area (Å²) in [5, 5.41) is 8.81. The Labute approximate surface area is 185 Å². The SMILES string of the molecule is N#Cc1cc(F)ccc1-c1ccc(OC[C@@H]2CC(F)(F)CC[C@@H]2NS(=O)(=O)C2CC2)cc1. The zero-order chi connectivity index (χ0) is 22.9. The van der Waals surface area contributed by atoms with Crippen molar-refractivity contribution in [1.29, 1.82) is 5.26 Å². The number of halogens is 3. The number of ether oxygens (including phenoxy) is 1. The van der Waals surface area contributed by atoms with Gasteiger partial charge in [0, 0.05) is 24.8 Å². The molecule has 0 heterocycles. The van der Waals surface area contributed by atoms with Crippen LogP contribution in [0.3, 0.4) is 0 Å². The lowest BCUT2D eigenvalue weighted by Gasteiger charge is -2.36. The summed E-state index contributed by atoms with van der Waals surface area (Å²) < 4.78 is 74.3. The highest BCUT2D eigenvalue weighted by molar-refractivity contribution is 7.90. The van der Waals surface area contributed by atoms with Crippen molar-refractivity contribution >= 4 is 10.0 Å². The molecule has 0 radical (unpaired) electrons. The van der Waals surface area contributed by atoms with Gasteiger partial charge >= 0.3 is 0 Å². The summed E-state index contributed by atoms with van der Waals surface area (Å²) in [6, 6.07) is 12.0. The first-order valence-corrected chi connectivity index (χ1v) is 12.0. The molecule has 2 fully saturated rings. The van der Waals surface area contributed by atoms with Crippen molar-refractivity contribution in [3.63, 3.8) is 0 Å². The molecule has 2 aliphatic rings. The predicted molar refractivity (Wildman–Crippen MR) is 113 cm³/mol. The molecule has 5 nitrogen and oxygen atoms in total. The minimum Gasteiger partial charge on any atom is -0.493 e. The second-order valence-electron chi connectivity index (χ2n) is 8.46. The summed E-state index contributed by atoms with van der Waals surface area (Å²) in [4.78, 5) is 0. The molecule has 0 aromatic heterocycles. The van der Waals surface area contributed by atoms with E-state index in [0.717, 1.165) is 6.07 Å². The summed E-state index contributed by atoms with van der Waals surface area (Å²) in [7, 11) is -3.49. The van der Waals surface area contributed by atoms with E-state index in [2.05, 4.69) is 4.72 Å². The average Bonchev–Trinajstić information content (AvgIpc) is 3.60. The Hall–Kier alpha value is -2.57. The highest BCUT2D eigenvalue weighted by Crippen LogP contribution is 2.38. The first kappa shape index (κ1) is 22.6. The van der Waals surface area contributed by atoms with Crippen LogP contribution in [-0.4, -0.2) is 32.2 Å². The standard InChI is InChI=1S/C23H23F3N2O3S/c24-18-3-8-21(16(11-18)13-27)15-1-4-19(5-2-15)31-14-17-12-23(25,26)10-9-22(17)28-32(29,30)20-6-7-20/h1-5,8,11,17,20,22,28H,6-7,9-10,12,14H2/t17-,22-/m0/s1. The maximum Gasteiger partial charge on any atom is 0.248 e. The van der Waals surface area contributed by atoms with Gasteiger partial charge in [-0.3, -0.25) is 0 Å². The largest absolute Gasteiger partial charge is 0.493 e. The smallest absolute Gasteiger partial charge is 0.248 e. The molecule has 2 aromatic carbocycles. The molecule has 2 aliphatic carbocycles. The third-order valence-corrected chi connectivity index (χ3v) is 7.94. The molecule has 0 amide bonds. The van der Waals surface area contributed by atoms with Crippen LogP contribution in [0.4, 0.5) is 13.2 Å². The summed E-state index contributed by atoms with van der Waals surface area (Å²) in [6.07, 6.45) is 0.479. The molecule has 0 aliphatic heterocycles. The van der Waals surface area contributed by atoms with E-state index in [4.69, 9.17) is 4.74 Å². The van der Waals surface area contributed by atoms with Gasteiger partial charge in [0.2, 0.25) is 15.9 Å². The van der Waals surface area contributed by atoms with Crippen molar-refractivity contribution in [3.8, 4) is 22.9 Å². The van der Waals surface area contributed by atoms with E-state index in [0.29, 0.717) is 29.7 Å². The van der Waals surface area contributed by atoms with Gasteiger partial charge < -0.3 is 4.74 Å². The van der Waals surface area contributed by atoms with Crippen LogP contribution in [0.5, 0.6) is 5.75 Å². The molecule has 2 saturated carbocycles. The predicted octanol–water partition coefficient (Wildman–Crippen LogP) is 4.63. The number of alkyl halides is 2. The Morgan fingerprint density at radius 3 is 2.50 bits per heavy atom. The number of nitriles is 1. The molecule has 170 valence electrons. The quantitative estimate of drug-likeness (QED) is 0.648. The van der Waals surface area contributed by atoms with Gasteiger partial charge in [0.05, 0.1) is 23.5 Å². The molecule has 4 rings (SSSR count). The van der Waals surface area contributed by atoms with E-state index in [-0.39, 0.29) is 25.0 Å². The van der Waals surface area contributed by atoms with E-state index in [1.54, 1.807) is 24.3 Å². The van der Waals surface area contributed by atoms with Gasteiger partial charge in [-0.25, -0.2) is 26.3 Å². The van der Waals surface area contributed by atoms with Gasteiger partial charge in [0.1, 0.15) is 11.6 Å². The fourth-order valence-corrected chi connectivity index (χ4v) is 5.72. The van der Waals surface area contributed by atoms with Crippen molar-refractivity contribution in [3.05, 3.63) is 53.8 Å². The average molecular weight is 465 g/mol. The summed E-state index contributed by atoms with van der Waals surface area (Å²) in [5.41, 5.74) is 1.46. The molecule has 0 bridgehead atoms. The van der Waals surface area contributed by atoms with Gasteiger partial charge in [-0.05, 0) is 54.7 Å². The van der Waals surface area contributed by atoms with Crippen LogP contribution in [0.15, 0.2) is 42.5 Å². The zero-order valence-corrected chi connectivity index (χ0v) is 18.0. The third kappa shape index (κ3) is 5.25. The number of nitrogens with one attached hydrogen (secondary N) is 1. The Morgan fingerprint density at radius 2 is 1.84 bits per heavy atom. The van der Waals surface area contributed by atoms with Crippen LogP contribution in [0.2, 0.25) is 0 Å². The third-order valence-electron chi connectivity index (χ3n) is 5.96. The Kier molecular flexibility index (Phi) is 6.19. The summed E-state index contributed by atoms with van der Waals surface area (Å²) in [6.45, 7) is -0.0488. The first-order chi connectivity index (χ1) is 15.2. The highest BCUT2D eigenvalue weighted by Gasteiger charge is 2.45. The number of rotatable bonds is 7. The highest BCUT2D eigenvalue weighted by atomic mass is 32.2. The van der Waals surface area contributed by atoms with Crippen LogP contribution in [0.1, 0.15) is 37.7 Å². The monoisotopic (exact) mass is 464 g/mol. The van der Waals surface area contributed by atoms with Crippen LogP contribution in [0, 0.1) is 23.1 Å². The van der Waals surface area contributed by atoms with E-state index in [1.165, 1.54) is 12.1 Å². The van der Waals surface area contributed by atoms with Crippen molar-refractivity contribution in [2.75, 3.05) is 6.61 Å². The van der Waals surface area contributed by atoms with Gasteiger partial charge in [-0.2, -0.15) is 5.26 Å². The Bertz CT molecular complexity index is 1130. The molecular formula is C23H23F3N2O3S. The zero-order valence-electron chi connectivity index (χ0n) is 17.2. The van der Waals surface area contributed by atoms with E-state index >= 15 is 0 Å². The molecule has 2 atom stereocenters. The molecule has 0 unspecified atom stereocenters. The lowest BCUT2D eigenvalue weighted by Crippen LogP contribution is -2.49. The molecular weight excluding hydrogens is 441 g/mol. The van der Waals surface area contributed by atoms with Crippen molar-refractivity contribution in [2.45, 2.75) is 49.3 Å². The lowest BCUT2D eigenvalue weighted by molar-refractivity contribution is -0.0661. The van der Waals surface area contributed by atoms with Crippen molar-refractivity contribution in [1.82, 2.24) is 4.72 Å². The van der Waals surface area contributed by atoms with Crippen LogP contribution in [0.25, 0.3) is 11.1 Å².